The number of rotatable bonds is 3. The fraction of sp³-hybridized carbons (Fsp3) is 0.615. The van der Waals surface area contributed by atoms with Gasteiger partial charge in [-0.25, -0.2) is 0 Å². The van der Waals surface area contributed by atoms with Crippen LogP contribution in [0.3, 0.4) is 0 Å². The van der Waals surface area contributed by atoms with Crippen molar-refractivity contribution in [1.82, 2.24) is 4.90 Å². The molecule has 1 saturated heterocycles. The van der Waals surface area contributed by atoms with E-state index in [1.54, 1.807) is 11.3 Å². The van der Waals surface area contributed by atoms with Gasteiger partial charge in [0.15, 0.2) is 0 Å². The maximum absolute atomic E-state index is 11.5. The first kappa shape index (κ1) is 14.0. The molecule has 1 N–H and O–H groups in total. The van der Waals surface area contributed by atoms with Crippen molar-refractivity contribution in [2.45, 2.75) is 39.3 Å². The van der Waals surface area contributed by atoms with E-state index in [-0.39, 0.29) is 11.5 Å². The Morgan fingerprint density at radius 3 is 2.89 bits per heavy atom. The predicted molar refractivity (Wildman–Crippen MR) is 76.9 cm³/mol. The van der Waals surface area contributed by atoms with Crippen LogP contribution in [0, 0.1) is 5.41 Å². The zero-order chi connectivity index (χ0) is 13.3. The van der Waals surface area contributed by atoms with Gasteiger partial charge in [-0.15, -0.1) is 11.3 Å². The van der Waals surface area contributed by atoms with Crippen molar-refractivity contribution in [3.05, 3.63) is 20.8 Å². The molecule has 0 aromatic carbocycles. The molecule has 1 aromatic rings. The monoisotopic (exact) mass is 331 g/mol. The highest BCUT2D eigenvalue weighted by Crippen LogP contribution is 2.36. The van der Waals surface area contributed by atoms with Crippen molar-refractivity contribution < 1.29 is 9.90 Å². The van der Waals surface area contributed by atoms with E-state index in [0.29, 0.717) is 0 Å². The van der Waals surface area contributed by atoms with Crippen molar-refractivity contribution >= 4 is 33.2 Å². The fourth-order valence-electron chi connectivity index (χ4n) is 2.80. The van der Waals surface area contributed by atoms with Crippen molar-refractivity contribution in [3.63, 3.8) is 0 Å². The number of nitrogens with zero attached hydrogens (tertiary/aromatic N) is 1. The zero-order valence-electron chi connectivity index (χ0n) is 10.6. The standard InChI is InChI=1S/C13H18BrNO2S/c1-13(2)6-3-7-15(11(13)12(16)17)8-9-4-5-10(14)18-9/h4-5,11H,3,6-8H2,1-2H3,(H,16,17). The number of likely N-dealkylation sites (tertiary alicyclic amines) is 1. The van der Waals surface area contributed by atoms with Crippen LogP contribution in [0.2, 0.25) is 0 Å². The lowest BCUT2D eigenvalue weighted by Crippen LogP contribution is -2.53. The summed E-state index contributed by atoms with van der Waals surface area (Å²) in [6, 6.07) is 3.70. The van der Waals surface area contributed by atoms with E-state index >= 15 is 0 Å². The molecule has 1 aliphatic rings. The van der Waals surface area contributed by atoms with Gasteiger partial charge in [0.2, 0.25) is 0 Å². The number of carbonyl (C=O) groups is 1. The summed E-state index contributed by atoms with van der Waals surface area (Å²) in [6.45, 7) is 5.72. The number of aliphatic carboxylic acids is 1. The van der Waals surface area contributed by atoms with Crippen molar-refractivity contribution in [2.75, 3.05) is 6.54 Å². The normalized spacial score (nSPS) is 24.1. The third-order valence-corrected chi connectivity index (χ3v) is 5.20. The van der Waals surface area contributed by atoms with Gasteiger partial charge in [0.1, 0.15) is 6.04 Å². The summed E-state index contributed by atoms with van der Waals surface area (Å²) in [5.41, 5.74) is -0.154. The Balaban J connectivity index is 2.17. The van der Waals surface area contributed by atoms with Crippen LogP contribution in [0.25, 0.3) is 0 Å². The SMILES string of the molecule is CC1(C)CCCN(Cc2ccc(Br)s2)C1C(=O)O. The van der Waals surface area contributed by atoms with Gasteiger partial charge in [-0.3, -0.25) is 9.69 Å². The van der Waals surface area contributed by atoms with Gasteiger partial charge in [-0.05, 0) is 52.9 Å². The van der Waals surface area contributed by atoms with Crippen LogP contribution in [0.15, 0.2) is 15.9 Å². The molecule has 0 aliphatic carbocycles. The van der Waals surface area contributed by atoms with Crippen LogP contribution in [0.1, 0.15) is 31.6 Å². The summed E-state index contributed by atoms with van der Waals surface area (Å²) in [5.74, 6) is -0.699. The lowest BCUT2D eigenvalue weighted by Gasteiger charge is -2.43. The molecule has 1 aromatic heterocycles. The summed E-state index contributed by atoms with van der Waals surface area (Å²) >= 11 is 5.12. The number of piperidine rings is 1. The summed E-state index contributed by atoms with van der Waals surface area (Å²) in [5, 5.41) is 9.48. The highest BCUT2D eigenvalue weighted by molar-refractivity contribution is 9.11. The number of carboxylic acids is 1. The summed E-state index contributed by atoms with van der Waals surface area (Å²) < 4.78 is 1.10. The molecule has 0 spiro atoms. The van der Waals surface area contributed by atoms with E-state index in [1.165, 1.54) is 4.88 Å². The molecule has 0 amide bonds. The fourth-order valence-corrected chi connectivity index (χ4v) is 4.30. The van der Waals surface area contributed by atoms with Crippen LogP contribution in [-0.2, 0) is 11.3 Å². The topological polar surface area (TPSA) is 40.5 Å². The average Bonchev–Trinajstić information content (AvgIpc) is 2.61. The number of carboxylic acid groups (broad SMARTS) is 1. The molecule has 1 unspecified atom stereocenters. The first-order valence-electron chi connectivity index (χ1n) is 6.11. The third-order valence-electron chi connectivity index (χ3n) is 3.59. The minimum atomic E-state index is -0.699. The van der Waals surface area contributed by atoms with Gasteiger partial charge in [0.05, 0.1) is 3.79 Å². The molecular weight excluding hydrogens is 314 g/mol. The molecule has 3 nitrogen and oxygen atoms in total. The van der Waals surface area contributed by atoms with E-state index in [4.69, 9.17) is 0 Å². The number of hydrogen-bond acceptors (Lipinski definition) is 3. The lowest BCUT2D eigenvalue weighted by molar-refractivity contribution is -0.151. The van der Waals surface area contributed by atoms with E-state index < -0.39 is 5.97 Å². The Labute approximate surface area is 120 Å². The Kier molecular flexibility index (Phi) is 4.14. The molecule has 1 fully saturated rings. The Morgan fingerprint density at radius 1 is 1.61 bits per heavy atom. The second-order valence-corrected chi connectivity index (χ2v) is 8.06. The lowest BCUT2D eigenvalue weighted by atomic mass is 9.76. The van der Waals surface area contributed by atoms with Crippen LogP contribution < -0.4 is 0 Å². The van der Waals surface area contributed by atoms with Gasteiger partial charge in [-0.1, -0.05) is 13.8 Å². The van der Waals surface area contributed by atoms with E-state index in [0.717, 1.165) is 29.7 Å². The van der Waals surface area contributed by atoms with E-state index in [9.17, 15) is 9.90 Å². The number of halogens is 1. The molecule has 0 radical (unpaired) electrons. The predicted octanol–water partition coefficient (Wildman–Crippen LogP) is 3.59. The molecule has 18 heavy (non-hydrogen) atoms. The molecular formula is C13H18BrNO2S. The van der Waals surface area contributed by atoms with Crippen LogP contribution in [0.5, 0.6) is 0 Å². The molecule has 100 valence electrons. The molecule has 2 rings (SSSR count). The van der Waals surface area contributed by atoms with Gasteiger partial charge < -0.3 is 5.11 Å². The van der Waals surface area contributed by atoms with Crippen molar-refractivity contribution in [2.24, 2.45) is 5.41 Å². The Hall–Kier alpha value is -0.390. The average molecular weight is 332 g/mol. The maximum atomic E-state index is 11.5. The summed E-state index contributed by atoms with van der Waals surface area (Å²) in [4.78, 5) is 14.8. The Bertz CT molecular complexity index is 444. The largest absolute Gasteiger partial charge is 0.480 e. The van der Waals surface area contributed by atoms with Crippen molar-refractivity contribution in [1.29, 1.82) is 0 Å². The van der Waals surface area contributed by atoms with E-state index in [2.05, 4.69) is 40.7 Å². The molecule has 0 saturated carbocycles. The zero-order valence-corrected chi connectivity index (χ0v) is 13.1. The van der Waals surface area contributed by atoms with E-state index in [1.807, 2.05) is 6.07 Å². The molecule has 0 bridgehead atoms. The minimum Gasteiger partial charge on any atom is -0.480 e. The first-order valence-corrected chi connectivity index (χ1v) is 7.72. The number of hydrogen-bond donors (Lipinski definition) is 1. The van der Waals surface area contributed by atoms with Gasteiger partial charge >= 0.3 is 5.97 Å². The minimum absolute atomic E-state index is 0.154. The first-order chi connectivity index (χ1) is 8.40. The smallest absolute Gasteiger partial charge is 0.321 e. The highest BCUT2D eigenvalue weighted by atomic mass is 79.9. The van der Waals surface area contributed by atoms with Crippen LogP contribution in [-0.4, -0.2) is 28.6 Å². The second-order valence-electron chi connectivity index (χ2n) is 5.51. The van der Waals surface area contributed by atoms with Crippen LogP contribution >= 0.6 is 27.3 Å². The Morgan fingerprint density at radius 2 is 2.33 bits per heavy atom. The molecule has 2 heterocycles. The number of thiophene rings is 1. The van der Waals surface area contributed by atoms with Gasteiger partial charge in [0.25, 0.3) is 0 Å². The van der Waals surface area contributed by atoms with Crippen LogP contribution in [0.4, 0.5) is 0 Å². The second kappa shape index (κ2) is 5.31. The van der Waals surface area contributed by atoms with Gasteiger partial charge in [-0.2, -0.15) is 0 Å². The summed E-state index contributed by atoms with van der Waals surface area (Å²) in [6.07, 6.45) is 2.05. The van der Waals surface area contributed by atoms with Gasteiger partial charge in [0, 0.05) is 11.4 Å². The summed E-state index contributed by atoms with van der Waals surface area (Å²) in [7, 11) is 0. The molecule has 1 aliphatic heterocycles. The molecule has 1 atom stereocenters. The third kappa shape index (κ3) is 2.95. The maximum Gasteiger partial charge on any atom is 0.321 e. The molecule has 5 heteroatoms. The highest BCUT2D eigenvalue weighted by Gasteiger charge is 2.42. The van der Waals surface area contributed by atoms with Crippen molar-refractivity contribution in [3.8, 4) is 0 Å². The quantitative estimate of drug-likeness (QED) is 0.920.